The summed E-state index contributed by atoms with van der Waals surface area (Å²) in [5.41, 5.74) is 2.73. The number of nitrogens with zero attached hydrogens (tertiary/aromatic N) is 1. The molecule has 0 aliphatic carbocycles. The van der Waals surface area contributed by atoms with Crippen molar-refractivity contribution >= 4 is 35.0 Å². The Morgan fingerprint density at radius 1 is 1.11 bits per heavy atom. The van der Waals surface area contributed by atoms with Gasteiger partial charge in [0, 0.05) is 0 Å². The smallest absolute Gasteiger partial charge is 0.343 e. The number of aryl methyl sites for hydroxylation is 1. The van der Waals surface area contributed by atoms with Crippen LogP contribution in [0.5, 0.6) is 5.75 Å². The highest BCUT2D eigenvalue weighted by atomic mass is 32.2. The van der Waals surface area contributed by atoms with Crippen molar-refractivity contribution in [1.82, 2.24) is 4.90 Å². The molecule has 1 fully saturated rings. The van der Waals surface area contributed by atoms with E-state index in [4.69, 9.17) is 4.74 Å². The average molecular weight is 397 g/mol. The highest BCUT2D eigenvalue weighted by Crippen LogP contribution is 2.33. The summed E-state index contributed by atoms with van der Waals surface area (Å²) in [6.45, 7) is 2.04. The standard InChI is InChI=1S/C21H19NO5S/c1-14-5-3-4-6-16(14)12-22-20(24)18(28-21(22)25)11-15-7-9-17(10-8-15)27-13-19(23)26-2/h3-11H,12-13H2,1-2H3/b18-11-. The number of amides is 2. The molecule has 0 N–H and O–H groups in total. The Kier molecular flexibility index (Phi) is 6.16. The molecule has 0 bridgehead atoms. The molecule has 2 amide bonds. The van der Waals surface area contributed by atoms with Crippen LogP contribution in [0.25, 0.3) is 6.08 Å². The van der Waals surface area contributed by atoms with E-state index >= 15 is 0 Å². The number of hydrogen-bond acceptors (Lipinski definition) is 6. The molecule has 0 unspecified atom stereocenters. The number of carbonyl (C=O) groups is 3. The van der Waals surface area contributed by atoms with Crippen LogP contribution in [0.2, 0.25) is 0 Å². The van der Waals surface area contributed by atoms with E-state index in [2.05, 4.69) is 4.74 Å². The third-order valence-corrected chi connectivity index (χ3v) is 5.13. The Labute approximate surface area is 167 Å². The first-order chi connectivity index (χ1) is 13.5. The summed E-state index contributed by atoms with van der Waals surface area (Å²) in [5.74, 6) is -0.258. The number of rotatable bonds is 6. The summed E-state index contributed by atoms with van der Waals surface area (Å²) in [5, 5.41) is -0.280. The molecule has 0 saturated carbocycles. The van der Waals surface area contributed by atoms with Crippen molar-refractivity contribution in [2.45, 2.75) is 13.5 Å². The average Bonchev–Trinajstić information content (AvgIpc) is 2.96. The molecule has 28 heavy (non-hydrogen) atoms. The second kappa shape index (κ2) is 8.75. The maximum absolute atomic E-state index is 12.7. The molecule has 2 aromatic rings. The number of esters is 1. The zero-order valence-electron chi connectivity index (χ0n) is 15.5. The maximum Gasteiger partial charge on any atom is 0.343 e. The predicted octanol–water partition coefficient (Wildman–Crippen LogP) is 3.78. The molecule has 7 heteroatoms. The first kappa shape index (κ1) is 19.7. The van der Waals surface area contributed by atoms with Crippen molar-refractivity contribution in [2.24, 2.45) is 0 Å². The number of methoxy groups -OCH3 is 1. The number of imide groups is 1. The highest BCUT2D eigenvalue weighted by Gasteiger charge is 2.35. The Morgan fingerprint density at radius 2 is 1.82 bits per heavy atom. The van der Waals surface area contributed by atoms with Crippen molar-refractivity contribution in [3.05, 3.63) is 70.1 Å². The van der Waals surface area contributed by atoms with Crippen LogP contribution in [0.3, 0.4) is 0 Å². The first-order valence-electron chi connectivity index (χ1n) is 8.57. The normalized spacial score (nSPS) is 15.2. The van der Waals surface area contributed by atoms with Gasteiger partial charge in [0.25, 0.3) is 11.1 Å². The van der Waals surface area contributed by atoms with Gasteiger partial charge in [0.2, 0.25) is 0 Å². The van der Waals surface area contributed by atoms with Crippen molar-refractivity contribution in [3.63, 3.8) is 0 Å². The number of ether oxygens (including phenoxy) is 2. The van der Waals surface area contributed by atoms with Crippen LogP contribution < -0.4 is 4.74 Å². The molecule has 2 aromatic carbocycles. The van der Waals surface area contributed by atoms with Gasteiger partial charge >= 0.3 is 5.97 Å². The molecule has 1 heterocycles. The lowest BCUT2D eigenvalue weighted by atomic mass is 10.1. The van der Waals surface area contributed by atoms with E-state index in [1.54, 1.807) is 30.3 Å². The fraction of sp³-hybridized carbons (Fsp3) is 0.190. The van der Waals surface area contributed by atoms with E-state index in [9.17, 15) is 14.4 Å². The van der Waals surface area contributed by atoms with Gasteiger partial charge in [0.05, 0.1) is 18.6 Å². The number of thioether (sulfide) groups is 1. The molecule has 3 rings (SSSR count). The van der Waals surface area contributed by atoms with Crippen LogP contribution in [-0.4, -0.2) is 35.7 Å². The van der Waals surface area contributed by atoms with Gasteiger partial charge in [-0.15, -0.1) is 0 Å². The van der Waals surface area contributed by atoms with E-state index in [0.717, 1.165) is 28.5 Å². The summed E-state index contributed by atoms with van der Waals surface area (Å²) in [4.78, 5) is 37.7. The van der Waals surface area contributed by atoms with Crippen molar-refractivity contribution in [2.75, 3.05) is 13.7 Å². The molecular weight excluding hydrogens is 378 g/mol. The van der Waals surface area contributed by atoms with Gasteiger partial charge in [-0.25, -0.2) is 4.79 Å². The first-order valence-corrected chi connectivity index (χ1v) is 9.39. The van der Waals surface area contributed by atoms with Gasteiger partial charge in [0.15, 0.2) is 6.61 Å². The van der Waals surface area contributed by atoms with Crippen molar-refractivity contribution < 1.29 is 23.9 Å². The molecule has 0 atom stereocenters. The van der Waals surface area contributed by atoms with Gasteiger partial charge in [-0.05, 0) is 53.6 Å². The second-order valence-electron chi connectivity index (χ2n) is 6.13. The Morgan fingerprint density at radius 3 is 2.50 bits per heavy atom. The molecular formula is C21H19NO5S. The lowest BCUT2D eigenvalue weighted by Crippen LogP contribution is -2.27. The number of hydrogen-bond donors (Lipinski definition) is 0. The molecule has 1 aliphatic heterocycles. The zero-order chi connectivity index (χ0) is 20.1. The summed E-state index contributed by atoms with van der Waals surface area (Å²) >= 11 is 0.929. The maximum atomic E-state index is 12.7. The number of benzene rings is 2. The topological polar surface area (TPSA) is 72.9 Å². The van der Waals surface area contributed by atoms with E-state index in [-0.39, 0.29) is 24.3 Å². The summed E-state index contributed by atoms with van der Waals surface area (Å²) < 4.78 is 9.80. The van der Waals surface area contributed by atoms with E-state index in [1.165, 1.54) is 12.0 Å². The molecule has 0 spiro atoms. The third-order valence-electron chi connectivity index (χ3n) is 4.23. The van der Waals surface area contributed by atoms with Crippen LogP contribution in [0.4, 0.5) is 4.79 Å². The Balaban J connectivity index is 1.69. The Hall–Kier alpha value is -3.06. The highest BCUT2D eigenvalue weighted by molar-refractivity contribution is 8.18. The fourth-order valence-electron chi connectivity index (χ4n) is 2.61. The van der Waals surface area contributed by atoms with Crippen LogP contribution in [-0.2, 0) is 20.9 Å². The molecule has 0 radical (unpaired) electrons. The van der Waals surface area contributed by atoms with Gasteiger partial charge in [-0.2, -0.15) is 0 Å². The molecule has 144 valence electrons. The monoisotopic (exact) mass is 397 g/mol. The van der Waals surface area contributed by atoms with Crippen LogP contribution in [0.15, 0.2) is 53.4 Å². The second-order valence-corrected chi connectivity index (χ2v) is 7.12. The molecule has 1 saturated heterocycles. The van der Waals surface area contributed by atoms with E-state index in [0.29, 0.717) is 10.7 Å². The number of carbonyl (C=O) groups excluding carboxylic acids is 3. The van der Waals surface area contributed by atoms with Gasteiger partial charge in [-0.3, -0.25) is 14.5 Å². The van der Waals surface area contributed by atoms with Crippen LogP contribution in [0.1, 0.15) is 16.7 Å². The summed E-state index contributed by atoms with van der Waals surface area (Å²) in [6.07, 6.45) is 1.67. The van der Waals surface area contributed by atoms with E-state index in [1.807, 2.05) is 31.2 Å². The lowest BCUT2D eigenvalue weighted by molar-refractivity contribution is -0.142. The van der Waals surface area contributed by atoms with Gasteiger partial charge in [0.1, 0.15) is 5.75 Å². The zero-order valence-corrected chi connectivity index (χ0v) is 16.3. The fourth-order valence-corrected chi connectivity index (χ4v) is 3.45. The van der Waals surface area contributed by atoms with Crippen molar-refractivity contribution in [3.8, 4) is 5.75 Å². The molecule has 1 aliphatic rings. The van der Waals surface area contributed by atoms with Crippen molar-refractivity contribution in [1.29, 1.82) is 0 Å². The summed E-state index contributed by atoms with van der Waals surface area (Å²) in [6, 6.07) is 14.6. The molecule has 6 nitrogen and oxygen atoms in total. The quantitative estimate of drug-likeness (QED) is 0.546. The minimum Gasteiger partial charge on any atom is -0.482 e. The van der Waals surface area contributed by atoms with Gasteiger partial charge in [-0.1, -0.05) is 36.4 Å². The summed E-state index contributed by atoms with van der Waals surface area (Å²) in [7, 11) is 1.29. The SMILES string of the molecule is COC(=O)COc1ccc(/C=C2\SC(=O)N(Cc3ccccc3C)C2=O)cc1. The van der Waals surface area contributed by atoms with E-state index < -0.39 is 5.97 Å². The van der Waals surface area contributed by atoms with Crippen LogP contribution in [0, 0.1) is 6.92 Å². The minimum absolute atomic E-state index is 0.173. The van der Waals surface area contributed by atoms with Crippen LogP contribution >= 0.6 is 11.8 Å². The Bertz CT molecular complexity index is 936. The van der Waals surface area contributed by atoms with Gasteiger partial charge < -0.3 is 9.47 Å². The third kappa shape index (κ3) is 4.61. The predicted molar refractivity (Wildman–Crippen MR) is 107 cm³/mol. The largest absolute Gasteiger partial charge is 0.482 e. The molecule has 0 aromatic heterocycles. The lowest BCUT2D eigenvalue weighted by Gasteiger charge is -2.14. The minimum atomic E-state index is -0.466.